The minimum absolute atomic E-state index is 0.164. The summed E-state index contributed by atoms with van der Waals surface area (Å²) in [6, 6.07) is 0.301. The molecule has 0 spiro atoms. The Hall–Kier alpha value is -1.00. The average Bonchev–Trinajstić information content (AvgIpc) is 2.38. The van der Waals surface area contributed by atoms with E-state index in [2.05, 4.69) is 35.3 Å². The molecule has 19 heavy (non-hydrogen) atoms. The summed E-state index contributed by atoms with van der Waals surface area (Å²) in [5.41, 5.74) is 0.479. The highest BCUT2D eigenvalue weighted by Crippen LogP contribution is 2.39. The third-order valence-electron chi connectivity index (χ3n) is 3.15. The van der Waals surface area contributed by atoms with Gasteiger partial charge in [-0.05, 0) is 24.4 Å². The highest BCUT2D eigenvalue weighted by Gasteiger charge is 2.30. The van der Waals surface area contributed by atoms with Gasteiger partial charge in [-0.2, -0.15) is 4.98 Å². The molecular formula is C13H17Cl2N3O. The second-order valence-electron chi connectivity index (χ2n) is 4.47. The summed E-state index contributed by atoms with van der Waals surface area (Å²) < 4.78 is 5.78. The molecule has 0 aromatic carbocycles. The Kier molecular flexibility index (Phi) is 4.53. The summed E-state index contributed by atoms with van der Waals surface area (Å²) >= 11 is 11.9. The first-order chi connectivity index (χ1) is 9.08. The van der Waals surface area contributed by atoms with Crippen molar-refractivity contribution in [3.8, 4) is 5.75 Å². The van der Waals surface area contributed by atoms with Crippen molar-refractivity contribution in [1.82, 2.24) is 9.97 Å². The van der Waals surface area contributed by atoms with E-state index >= 15 is 0 Å². The highest BCUT2D eigenvalue weighted by molar-refractivity contribution is 6.48. The molecule has 1 unspecified atom stereocenters. The number of aromatic nitrogens is 2. The van der Waals surface area contributed by atoms with Crippen LogP contribution in [0.25, 0.3) is 5.03 Å². The van der Waals surface area contributed by atoms with Crippen LogP contribution in [0, 0.1) is 0 Å². The molecule has 2 heterocycles. The van der Waals surface area contributed by atoms with Gasteiger partial charge in [-0.1, -0.05) is 32.0 Å². The van der Waals surface area contributed by atoms with Gasteiger partial charge in [0.05, 0.1) is 11.1 Å². The minimum atomic E-state index is 0.164. The number of hydrogen-bond donors (Lipinski definition) is 0. The normalized spacial score (nSPS) is 17.9. The van der Waals surface area contributed by atoms with Crippen molar-refractivity contribution in [2.75, 3.05) is 18.1 Å². The predicted octanol–water partition coefficient (Wildman–Crippen LogP) is 3.73. The summed E-state index contributed by atoms with van der Waals surface area (Å²) in [6.07, 6.45) is 2.01. The largest absolute Gasteiger partial charge is 0.485 e. The molecule has 0 saturated carbocycles. The van der Waals surface area contributed by atoms with E-state index in [-0.39, 0.29) is 5.28 Å². The van der Waals surface area contributed by atoms with E-state index in [1.54, 1.807) is 0 Å². The number of hydrogen-bond acceptors (Lipinski definition) is 4. The molecule has 0 amide bonds. The zero-order chi connectivity index (χ0) is 14.0. The number of fused-ring (bicyclic) bond motifs is 1. The molecule has 0 bridgehead atoms. The predicted molar refractivity (Wildman–Crippen MR) is 79.1 cm³/mol. The van der Waals surface area contributed by atoms with Crippen LogP contribution in [-0.2, 0) is 0 Å². The molecule has 1 atom stereocenters. The minimum Gasteiger partial charge on any atom is -0.485 e. The highest BCUT2D eigenvalue weighted by atomic mass is 35.5. The fourth-order valence-electron chi connectivity index (χ4n) is 2.23. The number of ether oxygens (including phenoxy) is 1. The van der Waals surface area contributed by atoms with E-state index in [4.69, 9.17) is 27.9 Å². The second kappa shape index (κ2) is 5.97. The van der Waals surface area contributed by atoms with Gasteiger partial charge in [0.1, 0.15) is 12.3 Å². The molecule has 1 aliphatic heterocycles. The number of nitrogens with zero attached hydrogens (tertiary/aromatic N) is 3. The lowest BCUT2D eigenvalue weighted by Gasteiger charge is -2.37. The summed E-state index contributed by atoms with van der Waals surface area (Å²) in [5, 5.41) is 0.476. The van der Waals surface area contributed by atoms with Crippen LogP contribution < -0.4 is 9.64 Å². The maximum Gasteiger partial charge on any atom is 0.225 e. The van der Waals surface area contributed by atoms with Crippen LogP contribution in [0.15, 0.2) is 6.58 Å². The van der Waals surface area contributed by atoms with E-state index in [0.29, 0.717) is 29.1 Å². The van der Waals surface area contributed by atoms with Gasteiger partial charge in [-0.3, -0.25) is 0 Å². The zero-order valence-electron chi connectivity index (χ0n) is 11.1. The molecular weight excluding hydrogens is 285 g/mol. The molecule has 1 aromatic heterocycles. The molecule has 104 valence electrons. The molecule has 0 fully saturated rings. The molecule has 4 nitrogen and oxygen atoms in total. The van der Waals surface area contributed by atoms with Gasteiger partial charge in [0, 0.05) is 6.54 Å². The lowest BCUT2D eigenvalue weighted by Crippen LogP contribution is -2.44. The van der Waals surface area contributed by atoms with Crippen molar-refractivity contribution in [3.63, 3.8) is 0 Å². The van der Waals surface area contributed by atoms with Crippen LogP contribution in [0.2, 0.25) is 5.28 Å². The van der Waals surface area contributed by atoms with Crippen molar-refractivity contribution in [2.45, 2.75) is 32.7 Å². The van der Waals surface area contributed by atoms with E-state index in [1.807, 2.05) is 0 Å². The molecule has 6 heteroatoms. The first-order valence-corrected chi connectivity index (χ1v) is 7.15. The standard InChI is InChI=1S/C13H17Cl2N3O/c1-4-6-18-9(5-2)7-19-11-10(8(3)14)16-13(15)17-12(11)18/h9H,3-7H2,1-2H3. The maximum absolute atomic E-state index is 5.98. The van der Waals surface area contributed by atoms with Gasteiger partial charge in [-0.15, -0.1) is 0 Å². The molecule has 2 rings (SSSR count). The Morgan fingerprint density at radius 3 is 2.79 bits per heavy atom. The fourth-order valence-corrected chi connectivity index (χ4v) is 2.53. The van der Waals surface area contributed by atoms with Crippen LogP contribution in [0.1, 0.15) is 32.4 Å². The number of halogens is 2. The third-order valence-corrected chi connectivity index (χ3v) is 3.49. The quantitative estimate of drug-likeness (QED) is 0.794. The van der Waals surface area contributed by atoms with Gasteiger partial charge in [0.2, 0.25) is 5.28 Å². The molecule has 0 radical (unpaired) electrons. The van der Waals surface area contributed by atoms with Gasteiger partial charge in [0.15, 0.2) is 11.6 Å². The van der Waals surface area contributed by atoms with Crippen LogP contribution in [0.5, 0.6) is 5.75 Å². The van der Waals surface area contributed by atoms with Gasteiger partial charge >= 0.3 is 0 Å². The summed E-state index contributed by atoms with van der Waals surface area (Å²) in [4.78, 5) is 10.6. The molecule has 0 N–H and O–H groups in total. The van der Waals surface area contributed by atoms with Crippen molar-refractivity contribution in [2.24, 2.45) is 0 Å². The Morgan fingerprint density at radius 1 is 1.47 bits per heavy atom. The van der Waals surface area contributed by atoms with Crippen molar-refractivity contribution >= 4 is 34.1 Å². The van der Waals surface area contributed by atoms with Crippen molar-refractivity contribution in [1.29, 1.82) is 0 Å². The molecule has 1 aliphatic rings. The summed E-state index contributed by atoms with van der Waals surface area (Å²) in [6.45, 7) is 9.47. The summed E-state index contributed by atoms with van der Waals surface area (Å²) in [7, 11) is 0. The number of anilines is 1. The second-order valence-corrected chi connectivity index (χ2v) is 5.26. The van der Waals surface area contributed by atoms with Gasteiger partial charge in [0.25, 0.3) is 0 Å². The molecule has 0 aliphatic carbocycles. The van der Waals surface area contributed by atoms with E-state index in [1.165, 1.54) is 0 Å². The maximum atomic E-state index is 5.98. The van der Waals surface area contributed by atoms with E-state index in [0.717, 1.165) is 25.2 Å². The van der Waals surface area contributed by atoms with Crippen molar-refractivity contribution < 1.29 is 4.74 Å². The van der Waals surface area contributed by atoms with Crippen LogP contribution >= 0.6 is 23.2 Å². The third kappa shape index (κ3) is 2.79. The Balaban J connectivity index is 2.52. The first kappa shape index (κ1) is 14.4. The average molecular weight is 302 g/mol. The lowest BCUT2D eigenvalue weighted by atomic mass is 10.1. The number of rotatable bonds is 4. The van der Waals surface area contributed by atoms with Gasteiger partial charge in [-0.25, -0.2) is 4.98 Å². The molecule has 1 aromatic rings. The molecule has 0 saturated heterocycles. The zero-order valence-corrected chi connectivity index (χ0v) is 12.6. The Labute approximate surface area is 123 Å². The Bertz CT molecular complexity index is 493. The smallest absolute Gasteiger partial charge is 0.225 e. The van der Waals surface area contributed by atoms with E-state index < -0.39 is 0 Å². The monoisotopic (exact) mass is 301 g/mol. The van der Waals surface area contributed by atoms with Crippen LogP contribution in [0.4, 0.5) is 5.82 Å². The SMILES string of the molecule is C=C(Cl)c1nc(Cl)nc2c1OCC(CC)N2CCC. The van der Waals surface area contributed by atoms with Crippen LogP contribution in [-0.4, -0.2) is 29.2 Å². The topological polar surface area (TPSA) is 38.3 Å². The van der Waals surface area contributed by atoms with E-state index in [9.17, 15) is 0 Å². The van der Waals surface area contributed by atoms with Crippen LogP contribution in [0.3, 0.4) is 0 Å². The first-order valence-electron chi connectivity index (χ1n) is 6.40. The lowest BCUT2D eigenvalue weighted by molar-refractivity contribution is 0.254. The summed E-state index contributed by atoms with van der Waals surface area (Å²) in [5.74, 6) is 1.30. The van der Waals surface area contributed by atoms with Gasteiger partial charge < -0.3 is 9.64 Å². The Morgan fingerprint density at radius 2 is 2.21 bits per heavy atom. The fraction of sp³-hybridized carbons (Fsp3) is 0.538. The van der Waals surface area contributed by atoms with Crippen molar-refractivity contribution in [3.05, 3.63) is 17.6 Å².